The Labute approximate surface area is 292 Å². The van der Waals surface area contributed by atoms with Gasteiger partial charge in [0.25, 0.3) is 0 Å². The number of ketones is 1. The van der Waals surface area contributed by atoms with E-state index >= 15 is 0 Å². The van der Waals surface area contributed by atoms with Gasteiger partial charge in [-0.3, -0.25) is 4.79 Å². The molecule has 0 aromatic carbocycles. The van der Waals surface area contributed by atoms with E-state index in [9.17, 15) is 19.5 Å². The maximum atomic E-state index is 11.9. The molecule has 0 bridgehead atoms. The Morgan fingerprint density at radius 3 is 1.84 bits per heavy atom. The van der Waals surface area contributed by atoms with Crippen molar-refractivity contribution in [1.29, 1.82) is 0 Å². The molecule has 7 aromatic rings. The standard InChI is InChI=1S/C17H14N4O3S.C17H15N3O4S/c1-9-15(10(2)24-20-9)12-7-19-21-5-4-11(6-13(12)21)16-18-8-14(25-16)17(22)23-3;1-9(21)15(10(2)22)12-7-19-20-5-4-11(6-13(12)20)16-18-8-14(25-16)17(23)24-3/h4-8H,1-3H3;4-8,21H,1-3H3/b;15-9+. The number of aryl methyl sites for hydroxylation is 2. The molecule has 0 aliphatic carbocycles. The quantitative estimate of drug-likeness (QED) is 0.106. The third kappa shape index (κ3) is 6.40. The molecule has 0 radical (unpaired) electrons. The molecular weight excluding hydrogens is 683 g/mol. The van der Waals surface area contributed by atoms with Crippen LogP contribution in [0, 0.1) is 13.8 Å². The fraction of sp³-hybridized carbons (Fsp3) is 0.176. The van der Waals surface area contributed by atoms with E-state index in [-0.39, 0.29) is 23.1 Å². The monoisotopic (exact) mass is 711 g/mol. The van der Waals surface area contributed by atoms with Crippen molar-refractivity contribution in [3.05, 3.63) is 94.0 Å². The number of carbonyl (C=O) groups is 3. The molecule has 0 aliphatic heterocycles. The lowest BCUT2D eigenvalue weighted by molar-refractivity contribution is -0.111. The van der Waals surface area contributed by atoms with Gasteiger partial charge in [0.2, 0.25) is 0 Å². The van der Waals surface area contributed by atoms with E-state index in [1.165, 1.54) is 69.3 Å². The molecule has 254 valence electrons. The molecule has 0 amide bonds. The van der Waals surface area contributed by atoms with Gasteiger partial charge in [-0.15, -0.1) is 22.7 Å². The second kappa shape index (κ2) is 13.9. The predicted molar refractivity (Wildman–Crippen MR) is 186 cm³/mol. The molecule has 7 rings (SSSR count). The van der Waals surface area contributed by atoms with E-state index in [0.717, 1.165) is 44.2 Å². The Balaban J connectivity index is 0.000000173. The summed E-state index contributed by atoms with van der Waals surface area (Å²) in [7, 11) is 2.68. The number of aromatic nitrogens is 7. The van der Waals surface area contributed by atoms with Gasteiger partial charge in [-0.1, -0.05) is 5.16 Å². The Bertz CT molecular complexity index is 2420. The highest BCUT2D eigenvalue weighted by atomic mass is 32.1. The van der Waals surface area contributed by atoms with Crippen LogP contribution in [0.25, 0.3) is 48.9 Å². The van der Waals surface area contributed by atoms with Crippen molar-refractivity contribution in [2.75, 3.05) is 14.2 Å². The first-order valence-electron chi connectivity index (χ1n) is 14.9. The first-order valence-corrected chi connectivity index (χ1v) is 16.5. The van der Waals surface area contributed by atoms with Crippen molar-refractivity contribution in [2.24, 2.45) is 0 Å². The van der Waals surface area contributed by atoms with Crippen LogP contribution < -0.4 is 0 Å². The lowest BCUT2D eigenvalue weighted by Crippen LogP contribution is -1.99. The number of fused-ring (bicyclic) bond motifs is 2. The van der Waals surface area contributed by atoms with Crippen LogP contribution in [0.3, 0.4) is 0 Å². The van der Waals surface area contributed by atoms with Gasteiger partial charge in [-0.25, -0.2) is 28.6 Å². The van der Waals surface area contributed by atoms with Crippen molar-refractivity contribution in [1.82, 2.24) is 34.4 Å². The highest BCUT2D eigenvalue weighted by molar-refractivity contribution is 7.17. The van der Waals surface area contributed by atoms with Crippen molar-refractivity contribution < 1.29 is 33.5 Å². The zero-order chi connectivity index (χ0) is 35.7. The molecule has 1 N–H and O–H groups in total. The number of pyridine rings is 2. The normalized spacial score (nSPS) is 11.6. The fourth-order valence-corrected chi connectivity index (χ4v) is 6.99. The second-order valence-electron chi connectivity index (χ2n) is 10.9. The minimum atomic E-state index is -0.437. The number of aliphatic hydroxyl groups excluding tert-OH is 1. The molecular formula is C34H29N7O7S2. The number of thiazole rings is 2. The van der Waals surface area contributed by atoms with Crippen LogP contribution in [0.15, 0.2) is 71.7 Å². The number of hydrogen-bond acceptors (Lipinski definition) is 14. The maximum Gasteiger partial charge on any atom is 0.349 e. The van der Waals surface area contributed by atoms with E-state index < -0.39 is 5.97 Å². The van der Waals surface area contributed by atoms with Gasteiger partial charge in [-0.2, -0.15) is 10.2 Å². The van der Waals surface area contributed by atoms with Crippen LogP contribution in [-0.4, -0.2) is 71.4 Å². The molecule has 0 fully saturated rings. The van der Waals surface area contributed by atoms with E-state index in [2.05, 4.69) is 25.3 Å². The summed E-state index contributed by atoms with van der Waals surface area (Å²) < 4.78 is 18.1. The average molecular weight is 712 g/mol. The molecule has 7 heterocycles. The molecule has 7 aromatic heterocycles. The van der Waals surface area contributed by atoms with Crippen molar-refractivity contribution in [3.8, 4) is 32.3 Å². The van der Waals surface area contributed by atoms with Crippen LogP contribution in [0.2, 0.25) is 0 Å². The summed E-state index contributed by atoms with van der Waals surface area (Å²) in [5.41, 5.74) is 6.73. The summed E-state index contributed by atoms with van der Waals surface area (Å²) in [6.07, 6.45) is 9.93. The van der Waals surface area contributed by atoms with E-state index in [1.54, 1.807) is 21.4 Å². The van der Waals surface area contributed by atoms with E-state index in [4.69, 9.17) is 14.0 Å². The molecule has 0 saturated heterocycles. The smallest absolute Gasteiger partial charge is 0.349 e. The molecule has 14 nitrogen and oxygen atoms in total. The zero-order valence-electron chi connectivity index (χ0n) is 27.6. The molecule has 0 aliphatic rings. The van der Waals surface area contributed by atoms with Crippen LogP contribution in [0.1, 0.15) is 50.2 Å². The minimum absolute atomic E-state index is 0.0602. The molecule has 0 spiro atoms. The van der Waals surface area contributed by atoms with Crippen molar-refractivity contribution in [3.63, 3.8) is 0 Å². The summed E-state index contributed by atoms with van der Waals surface area (Å²) in [5.74, 6) is -0.379. The SMILES string of the molecule is COC(=O)c1cnc(-c2ccn3ncc(-c4c(C)noc4C)c3c2)s1.COC(=O)c1cnc(-c2ccn3ncc(/C(C(C)=O)=C(\C)O)c3c2)s1. The number of aliphatic hydroxyl groups is 1. The number of esters is 2. The van der Waals surface area contributed by atoms with Gasteiger partial charge < -0.3 is 19.1 Å². The number of carbonyl (C=O) groups excluding carboxylic acids is 3. The van der Waals surface area contributed by atoms with Crippen molar-refractivity contribution >= 4 is 57.0 Å². The summed E-state index contributed by atoms with van der Waals surface area (Å²) in [5, 5.41) is 23.9. The summed E-state index contributed by atoms with van der Waals surface area (Å²) in [6.45, 7) is 6.65. The fourth-order valence-electron chi connectivity index (χ4n) is 5.32. The van der Waals surface area contributed by atoms with Gasteiger partial charge in [0.15, 0.2) is 5.78 Å². The number of nitrogens with zero attached hydrogens (tertiary/aromatic N) is 7. The Morgan fingerprint density at radius 2 is 1.34 bits per heavy atom. The third-order valence-corrected chi connectivity index (χ3v) is 9.66. The predicted octanol–water partition coefficient (Wildman–Crippen LogP) is 6.64. The summed E-state index contributed by atoms with van der Waals surface area (Å²) in [4.78, 5) is 44.5. The molecule has 0 saturated carbocycles. The number of allylic oxidation sites excluding steroid dienone is 2. The van der Waals surface area contributed by atoms with Gasteiger partial charge in [0.1, 0.15) is 31.3 Å². The minimum Gasteiger partial charge on any atom is -0.512 e. The van der Waals surface area contributed by atoms with Gasteiger partial charge in [0.05, 0.1) is 66.9 Å². The summed E-state index contributed by atoms with van der Waals surface area (Å²) >= 11 is 2.51. The van der Waals surface area contributed by atoms with Gasteiger partial charge in [0, 0.05) is 34.6 Å². The summed E-state index contributed by atoms with van der Waals surface area (Å²) in [6, 6.07) is 7.53. The van der Waals surface area contributed by atoms with Gasteiger partial charge in [-0.05, 0) is 52.0 Å². The molecule has 16 heteroatoms. The lowest BCUT2D eigenvalue weighted by atomic mass is 10.0. The number of hydrogen-bond donors (Lipinski definition) is 1. The number of Topliss-reactive ketones (excluding diaryl/α,β-unsaturated/α-hetero) is 1. The topological polar surface area (TPSA) is 176 Å². The Kier molecular flexibility index (Phi) is 9.39. The van der Waals surface area contributed by atoms with E-state index in [0.29, 0.717) is 25.8 Å². The van der Waals surface area contributed by atoms with Crippen LogP contribution >= 0.6 is 22.7 Å². The first-order chi connectivity index (χ1) is 24.0. The highest BCUT2D eigenvalue weighted by Crippen LogP contribution is 2.34. The van der Waals surface area contributed by atoms with Crippen LogP contribution in [0.4, 0.5) is 0 Å². The van der Waals surface area contributed by atoms with Crippen LogP contribution in [0.5, 0.6) is 0 Å². The van der Waals surface area contributed by atoms with Crippen LogP contribution in [-0.2, 0) is 14.3 Å². The Hall–Kier alpha value is -6.00. The average Bonchev–Trinajstić information content (AvgIpc) is 3.95. The highest BCUT2D eigenvalue weighted by Gasteiger charge is 2.20. The number of ether oxygens (including phenoxy) is 2. The molecule has 50 heavy (non-hydrogen) atoms. The number of rotatable bonds is 7. The van der Waals surface area contributed by atoms with Gasteiger partial charge >= 0.3 is 11.9 Å². The van der Waals surface area contributed by atoms with Crippen molar-refractivity contribution in [2.45, 2.75) is 27.7 Å². The Morgan fingerprint density at radius 1 is 0.800 bits per heavy atom. The number of methoxy groups -OCH3 is 2. The second-order valence-corrected chi connectivity index (χ2v) is 12.9. The largest absolute Gasteiger partial charge is 0.512 e. The molecule has 0 unspecified atom stereocenters. The molecule has 0 atom stereocenters. The first kappa shape index (κ1) is 33.9. The lowest BCUT2D eigenvalue weighted by Gasteiger charge is -2.04. The maximum absolute atomic E-state index is 11.9. The van der Waals surface area contributed by atoms with E-state index in [1.807, 2.05) is 44.3 Å². The zero-order valence-corrected chi connectivity index (χ0v) is 29.3. The third-order valence-electron chi connectivity index (χ3n) is 7.61.